The highest BCUT2D eigenvalue weighted by atomic mass is 16.5. The van der Waals surface area contributed by atoms with E-state index >= 15 is 0 Å². The largest absolute Gasteiger partial charge is 0.495 e. The van der Waals surface area contributed by atoms with Gasteiger partial charge in [-0.1, -0.05) is 42.5 Å². The fourth-order valence-electron chi connectivity index (χ4n) is 3.30. The highest BCUT2D eigenvalue weighted by molar-refractivity contribution is 5.78. The highest BCUT2D eigenvalue weighted by Gasteiger charge is 2.22. The Morgan fingerprint density at radius 2 is 1.69 bits per heavy atom. The molecule has 26 heavy (non-hydrogen) atoms. The molecular weight excluding hydrogens is 326 g/mol. The predicted octanol–water partition coefficient (Wildman–Crippen LogP) is 2.69. The first kappa shape index (κ1) is 18.3. The normalized spacial score (nSPS) is 15.6. The Hall–Kier alpha value is -2.53. The van der Waals surface area contributed by atoms with Gasteiger partial charge in [-0.3, -0.25) is 4.79 Å². The second-order valence-electron chi connectivity index (χ2n) is 6.55. The number of ether oxygens (including phenoxy) is 1. The standard InChI is InChI=1S/C21H27N3O2/c1-17(18-8-4-3-5-9-18)22-16-21(25)24-14-12-23(13-15-24)19-10-6-7-11-20(19)26-2/h3-11,17,22H,12-16H2,1-2H3/t17-/m1/s1. The molecule has 1 amide bonds. The van der Waals surface area contributed by atoms with Crippen molar-refractivity contribution in [2.75, 3.05) is 44.7 Å². The van der Waals surface area contributed by atoms with Crippen LogP contribution in [0.15, 0.2) is 54.6 Å². The number of carbonyl (C=O) groups is 1. The van der Waals surface area contributed by atoms with Gasteiger partial charge >= 0.3 is 0 Å². The number of hydrogen-bond acceptors (Lipinski definition) is 4. The Labute approximate surface area is 155 Å². The summed E-state index contributed by atoms with van der Waals surface area (Å²) in [5.41, 5.74) is 2.29. The van der Waals surface area contributed by atoms with Crippen LogP contribution in [0.3, 0.4) is 0 Å². The molecule has 1 N–H and O–H groups in total. The van der Waals surface area contributed by atoms with E-state index < -0.39 is 0 Å². The number of nitrogens with zero attached hydrogens (tertiary/aromatic N) is 2. The van der Waals surface area contributed by atoms with Crippen LogP contribution in [0.25, 0.3) is 0 Å². The summed E-state index contributed by atoms with van der Waals surface area (Å²) in [7, 11) is 1.69. The molecule has 0 bridgehead atoms. The topological polar surface area (TPSA) is 44.8 Å². The van der Waals surface area contributed by atoms with E-state index in [0.717, 1.165) is 37.6 Å². The minimum absolute atomic E-state index is 0.160. The second-order valence-corrected chi connectivity index (χ2v) is 6.55. The zero-order valence-corrected chi connectivity index (χ0v) is 15.5. The summed E-state index contributed by atoms with van der Waals surface area (Å²) in [5, 5.41) is 3.33. The molecule has 1 atom stereocenters. The molecule has 0 aliphatic carbocycles. The zero-order chi connectivity index (χ0) is 18.4. The second kappa shape index (κ2) is 8.72. The van der Waals surface area contributed by atoms with Crippen molar-refractivity contribution in [2.24, 2.45) is 0 Å². The summed E-state index contributed by atoms with van der Waals surface area (Å²) in [6.45, 7) is 5.56. The Kier molecular flexibility index (Phi) is 6.12. The molecule has 1 aliphatic heterocycles. The minimum atomic E-state index is 0.160. The highest BCUT2D eigenvalue weighted by Crippen LogP contribution is 2.28. The maximum Gasteiger partial charge on any atom is 0.236 e. The van der Waals surface area contributed by atoms with Crippen LogP contribution in [-0.4, -0.2) is 50.6 Å². The van der Waals surface area contributed by atoms with Gasteiger partial charge in [-0.25, -0.2) is 0 Å². The number of benzene rings is 2. The lowest BCUT2D eigenvalue weighted by molar-refractivity contribution is -0.130. The third-order valence-electron chi connectivity index (χ3n) is 4.92. The van der Waals surface area contributed by atoms with Crippen molar-refractivity contribution in [1.29, 1.82) is 0 Å². The fraction of sp³-hybridized carbons (Fsp3) is 0.381. The summed E-state index contributed by atoms with van der Waals surface area (Å²) in [6.07, 6.45) is 0. The van der Waals surface area contributed by atoms with Crippen LogP contribution in [0.1, 0.15) is 18.5 Å². The monoisotopic (exact) mass is 353 g/mol. The fourth-order valence-corrected chi connectivity index (χ4v) is 3.30. The molecule has 138 valence electrons. The van der Waals surface area contributed by atoms with Gasteiger partial charge in [0.25, 0.3) is 0 Å². The molecule has 5 heteroatoms. The molecule has 0 spiro atoms. The average molecular weight is 353 g/mol. The van der Waals surface area contributed by atoms with E-state index in [1.54, 1.807) is 7.11 Å². The molecule has 1 heterocycles. The van der Waals surface area contributed by atoms with Crippen LogP contribution in [-0.2, 0) is 4.79 Å². The van der Waals surface area contributed by atoms with Crippen LogP contribution < -0.4 is 15.0 Å². The van der Waals surface area contributed by atoms with E-state index in [2.05, 4.69) is 35.3 Å². The number of rotatable bonds is 6. The van der Waals surface area contributed by atoms with Crippen molar-refractivity contribution in [3.05, 3.63) is 60.2 Å². The maximum absolute atomic E-state index is 12.5. The van der Waals surface area contributed by atoms with E-state index in [-0.39, 0.29) is 11.9 Å². The van der Waals surface area contributed by atoms with Crippen molar-refractivity contribution in [3.63, 3.8) is 0 Å². The first-order valence-corrected chi connectivity index (χ1v) is 9.13. The van der Waals surface area contributed by atoms with Gasteiger partial charge < -0.3 is 19.9 Å². The lowest BCUT2D eigenvalue weighted by Gasteiger charge is -2.36. The van der Waals surface area contributed by atoms with Crippen molar-refractivity contribution < 1.29 is 9.53 Å². The number of nitrogens with one attached hydrogen (secondary N) is 1. The van der Waals surface area contributed by atoms with E-state index in [1.807, 2.05) is 41.3 Å². The average Bonchev–Trinajstić information content (AvgIpc) is 2.72. The molecule has 0 aromatic heterocycles. The molecule has 2 aromatic rings. The number of hydrogen-bond donors (Lipinski definition) is 1. The van der Waals surface area contributed by atoms with E-state index in [0.29, 0.717) is 6.54 Å². The Morgan fingerprint density at radius 3 is 2.38 bits per heavy atom. The molecular formula is C21H27N3O2. The molecule has 3 rings (SSSR count). The summed E-state index contributed by atoms with van der Waals surface area (Å²) in [5.74, 6) is 1.04. The van der Waals surface area contributed by atoms with Gasteiger partial charge in [-0.2, -0.15) is 0 Å². The first-order valence-electron chi connectivity index (χ1n) is 9.13. The third-order valence-corrected chi connectivity index (χ3v) is 4.92. The van der Waals surface area contributed by atoms with Crippen molar-refractivity contribution in [1.82, 2.24) is 10.2 Å². The SMILES string of the molecule is COc1ccccc1N1CCN(C(=O)CN[C@H](C)c2ccccc2)CC1. The third kappa shape index (κ3) is 4.35. The lowest BCUT2D eigenvalue weighted by Crippen LogP contribution is -2.51. The molecule has 0 unspecified atom stereocenters. The summed E-state index contributed by atoms with van der Waals surface area (Å²) in [6, 6.07) is 18.4. The maximum atomic E-state index is 12.5. The number of carbonyl (C=O) groups excluding carboxylic acids is 1. The van der Waals surface area contributed by atoms with Crippen molar-refractivity contribution in [2.45, 2.75) is 13.0 Å². The van der Waals surface area contributed by atoms with Crippen molar-refractivity contribution in [3.8, 4) is 5.75 Å². The smallest absolute Gasteiger partial charge is 0.236 e. The van der Waals surface area contributed by atoms with Gasteiger partial charge in [0.05, 0.1) is 19.3 Å². The van der Waals surface area contributed by atoms with Crippen molar-refractivity contribution >= 4 is 11.6 Å². The Balaban J connectivity index is 1.49. The van der Waals surface area contributed by atoms with Gasteiger partial charge in [-0.05, 0) is 24.6 Å². The van der Waals surface area contributed by atoms with Crippen LogP contribution in [0.5, 0.6) is 5.75 Å². The van der Waals surface area contributed by atoms with Gasteiger partial charge in [-0.15, -0.1) is 0 Å². The minimum Gasteiger partial charge on any atom is -0.495 e. The summed E-state index contributed by atoms with van der Waals surface area (Å²) in [4.78, 5) is 16.7. The molecule has 2 aromatic carbocycles. The zero-order valence-electron chi connectivity index (χ0n) is 15.5. The molecule has 1 aliphatic rings. The van der Waals surface area contributed by atoms with Gasteiger partial charge in [0.2, 0.25) is 5.91 Å². The Morgan fingerprint density at radius 1 is 1.04 bits per heavy atom. The lowest BCUT2D eigenvalue weighted by atomic mass is 10.1. The van der Waals surface area contributed by atoms with Gasteiger partial charge in [0.15, 0.2) is 0 Å². The van der Waals surface area contributed by atoms with E-state index in [9.17, 15) is 4.79 Å². The Bertz CT molecular complexity index is 712. The number of methoxy groups -OCH3 is 1. The predicted molar refractivity (Wildman–Crippen MR) is 105 cm³/mol. The van der Waals surface area contributed by atoms with Crippen LogP contribution >= 0.6 is 0 Å². The van der Waals surface area contributed by atoms with Crippen LogP contribution in [0, 0.1) is 0 Å². The first-order chi connectivity index (χ1) is 12.7. The number of amides is 1. The van der Waals surface area contributed by atoms with Crippen LogP contribution in [0.2, 0.25) is 0 Å². The number of para-hydroxylation sites is 2. The van der Waals surface area contributed by atoms with Gasteiger partial charge in [0.1, 0.15) is 5.75 Å². The molecule has 5 nitrogen and oxygen atoms in total. The summed E-state index contributed by atoms with van der Waals surface area (Å²) >= 11 is 0. The quantitative estimate of drug-likeness (QED) is 0.867. The molecule has 1 saturated heterocycles. The van der Waals surface area contributed by atoms with Crippen LogP contribution in [0.4, 0.5) is 5.69 Å². The summed E-state index contributed by atoms with van der Waals surface area (Å²) < 4.78 is 5.45. The molecule has 0 saturated carbocycles. The molecule has 0 radical (unpaired) electrons. The molecule has 1 fully saturated rings. The number of piperazine rings is 1. The number of anilines is 1. The van der Waals surface area contributed by atoms with E-state index in [4.69, 9.17) is 4.74 Å². The van der Waals surface area contributed by atoms with E-state index in [1.165, 1.54) is 5.56 Å². The van der Waals surface area contributed by atoms with Gasteiger partial charge in [0, 0.05) is 32.2 Å².